The van der Waals surface area contributed by atoms with Crippen LogP contribution in [-0.2, 0) is 6.42 Å². The summed E-state index contributed by atoms with van der Waals surface area (Å²) in [6.45, 7) is 1.03. The Bertz CT molecular complexity index is 275. The Hall–Kier alpha value is -0.900. The lowest BCUT2D eigenvalue weighted by Gasteiger charge is -2.06. The average Bonchev–Trinajstić information content (AvgIpc) is 2.83. The van der Waals surface area contributed by atoms with Gasteiger partial charge in [0.15, 0.2) is 5.82 Å². The van der Waals surface area contributed by atoms with Crippen LogP contribution in [0.15, 0.2) is 0 Å². The average molecular weight is 180 g/mol. The van der Waals surface area contributed by atoms with Crippen molar-refractivity contribution < 1.29 is 0 Å². The van der Waals surface area contributed by atoms with Crippen LogP contribution in [0.5, 0.6) is 0 Å². The molecule has 0 aliphatic heterocycles. The summed E-state index contributed by atoms with van der Waals surface area (Å²) in [6, 6.07) is 0. The van der Waals surface area contributed by atoms with E-state index in [4.69, 9.17) is 0 Å². The smallest absolute Gasteiger partial charge is 0.153 e. The van der Waals surface area contributed by atoms with E-state index < -0.39 is 0 Å². The molecule has 1 aromatic heterocycles. The van der Waals surface area contributed by atoms with Crippen molar-refractivity contribution in [2.45, 2.75) is 25.2 Å². The highest BCUT2D eigenvalue weighted by atomic mass is 15.2. The first-order valence-corrected chi connectivity index (χ1v) is 4.81. The molecule has 1 N–H and O–H groups in total. The summed E-state index contributed by atoms with van der Waals surface area (Å²) in [6.07, 6.45) is 3.50. The van der Waals surface area contributed by atoms with Gasteiger partial charge in [0, 0.05) is 18.9 Å². The zero-order chi connectivity index (χ0) is 9.26. The van der Waals surface area contributed by atoms with Gasteiger partial charge in [-0.1, -0.05) is 0 Å². The molecule has 4 nitrogen and oxygen atoms in total. The summed E-state index contributed by atoms with van der Waals surface area (Å²) in [5.74, 6) is 2.70. The molecule has 1 saturated carbocycles. The van der Waals surface area contributed by atoms with E-state index in [-0.39, 0.29) is 0 Å². The van der Waals surface area contributed by atoms with Gasteiger partial charge in [-0.25, -0.2) is 4.98 Å². The molecule has 1 aliphatic carbocycles. The second-order valence-electron chi connectivity index (χ2n) is 3.97. The zero-order valence-electron chi connectivity index (χ0n) is 8.25. The van der Waals surface area contributed by atoms with Gasteiger partial charge in [-0.15, -0.1) is 0 Å². The molecule has 72 valence electrons. The summed E-state index contributed by atoms with van der Waals surface area (Å²) in [7, 11) is 4.14. The number of likely N-dealkylation sites (N-methyl/N-ethyl adjacent to an activating group) is 1. The summed E-state index contributed by atoms with van der Waals surface area (Å²) in [5, 5.41) is 7.20. The van der Waals surface area contributed by atoms with Gasteiger partial charge in [-0.3, -0.25) is 5.10 Å². The number of aromatic nitrogens is 3. The van der Waals surface area contributed by atoms with E-state index in [1.54, 1.807) is 0 Å². The summed E-state index contributed by atoms with van der Waals surface area (Å²) < 4.78 is 0. The highest BCUT2D eigenvalue weighted by molar-refractivity contribution is 5.05. The topological polar surface area (TPSA) is 44.8 Å². The van der Waals surface area contributed by atoms with Crippen LogP contribution in [0.2, 0.25) is 0 Å². The van der Waals surface area contributed by atoms with E-state index in [2.05, 4.69) is 34.2 Å². The zero-order valence-corrected chi connectivity index (χ0v) is 8.25. The molecule has 0 amide bonds. The largest absolute Gasteiger partial charge is 0.309 e. The molecule has 1 aliphatic rings. The van der Waals surface area contributed by atoms with Crippen LogP contribution in [0.1, 0.15) is 30.4 Å². The highest BCUT2D eigenvalue weighted by Crippen LogP contribution is 2.37. The van der Waals surface area contributed by atoms with E-state index >= 15 is 0 Å². The molecule has 1 fully saturated rings. The van der Waals surface area contributed by atoms with Gasteiger partial charge in [0.05, 0.1) is 0 Å². The number of nitrogens with one attached hydrogen (secondary N) is 1. The minimum Gasteiger partial charge on any atom is -0.309 e. The minimum atomic E-state index is 0.657. The lowest BCUT2D eigenvalue weighted by molar-refractivity contribution is 0.409. The normalized spacial score (nSPS) is 16.8. The van der Waals surface area contributed by atoms with Crippen molar-refractivity contribution in [2.75, 3.05) is 20.6 Å². The Balaban J connectivity index is 1.89. The van der Waals surface area contributed by atoms with Crippen molar-refractivity contribution in [1.29, 1.82) is 0 Å². The molecule has 0 radical (unpaired) electrons. The molecule has 0 unspecified atom stereocenters. The third-order valence-electron chi connectivity index (χ3n) is 2.29. The first-order chi connectivity index (χ1) is 6.25. The Labute approximate surface area is 78.4 Å². The van der Waals surface area contributed by atoms with Crippen LogP contribution >= 0.6 is 0 Å². The molecular formula is C9H16N4. The molecule has 0 saturated heterocycles. The second-order valence-corrected chi connectivity index (χ2v) is 3.97. The van der Waals surface area contributed by atoms with Crippen molar-refractivity contribution >= 4 is 0 Å². The van der Waals surface area contributed by atoms with E-state index in [1.807, 2.05) is 0 Å². The predicted octanol–water partition coefficient (Wildman–Crippen LogP) is 0.786. The van der Waals surface area contributed by atoms with E-state index in [0.29, 0.717) is 5.92 Å². The number of aromatic amines is 1. The Morgan fingerprint density at radius 3 is 2.85 bits per heavy atom. The summed E-state index contributed by atoms with van der Waals surface area (Å²) in [5.41, 5.74) is 0. The first-order valence-electron chi connectivity index (χ1n) is 4.81. The van der Waals surface area contributed by atoms with E-state index in [0.717, 1.165) is 24.6 Å². The highest BCUT2D eigenvalue weighted by Gasteiger charge is 2.27. The van der Waals surface area contributed by atoms with E-state index in [9.17, 15) is 0 Å². The van der Waals surface area contributed by atoms with Crippen LogP contribution in [-0.4, -0.2) is 40.7 Å². The van der Waals surface area contributed by atoms with Gasteiger partial charge < -0.3 is 4.90 Å². The SMILES string of the molecule is CN(C)CCc1nc(C2CC2)n[nH]1. The van der Waals surface area contributed by atoms with Crippen molar-refractivity contribution in [1.82, 2.24) is 20.1 Å². The molecule has 4 heteroatoms. The Morgan fingerprint density at radius 2 is 2.23 bits per heavy atom. The number of nitrogens with zero attached hydrogens (tertiary/aromatic N) is 3. The quantitative estimate of drug-likeness (QED) is 0.745. The molecule has 1 heterocycles. The number of hydrogen-bond acceptors (Lipinski definition) is 3. The third-order valence-corrected chi connectivity index (χ3v) is 2.29. The molecule has 0 atom stereocenters. The second kappa shape index (κ2) is 3.46. The van der Waals surface area contributed by atoms with Crippen LogP contribution < -0.4 is 0 Å². The van der Waals surface area contributed by atoms with Crippen molar-refractivity contribution in [3.05, 3.63) is 11.6 Å². The molecular weight excluding hydrogens is 164 g/mol. The fourth-order valence-electron chi connectivity index (χ4n) is 1.28. The number of rotatable bonds is 4. The Kier molecular flexibility index (Phi) is 2.31. The monoisotopic (exact) mass is 180 g/mol. The molecule has 13 heavy (non-hydrogen) atoms. The van der Waals surface area contributed by atoms with Crippen LogP contribution in [0, 0.1) is 0 Å². The van der Waals surface area contributed by atoms with Crippen LogP contribution in [0.4, 0.5) is 0 Å². The fraction of sp³-hybridized carbons (Fsp3) is 0.778. The molecule has 0 aromatic carbocycles. The summed E-state index contributed by atoms with van der Waals surface area (Å²) >= 11 is 0. The van der Waals surface area contributed by atoms with Crippen LogP contribution in [0.25, 0.3) is 0 Å². The number of H-pyrrole nitrogens is 1. The van der Waals surface area contributed by atoms with Crippen LogP contribution in [0.3, 0.4) is 0 Å². The standard InChI is InChI=1S/C9H16N4/c1-13(2)6-5-8-10-9(12-11-8)7-3-4-7/h7H,3-6H2,1-2H3,(H,10,11,12). The van der Waals surface area contributed by atoms with Crippen molar-refractivity contribution in [3.63, 3.8) is 0 Å². The minimum absolute atomic E-state index is 0.657. The third kappa shape index (κ3) is 2.28. The van der Waals surface area contributed by atoms with Crippen molar-refractivity contribution in [3.8, 4) is 0 Å². The van der Waals surface area contributed by atoms with Gasteiger partial charge in [0.25, 0.3) is 0 Å². The molecule has 0 bridgehead atoms. The fourth-order valence-corrected chi connectivity index (χ4v) is 1.28. The lowest BCUT2D eigenvalue weighted by Crippen LogP contribution is -2.15. The maximum atomic E-state index is 4.45. The lowest BCUT2D eigenvalue weighted by atomic mass is 10.4. The maximum absolute atomic E-state index is 4.45. The van der Waals surface area contributed by atoms with Crippen molar-refractivity contribution in [2.24, 2.45) is 0 Å². The first kappa shape index (κ1) is 8.69. The Morgan fingerprint density at radius 1 is 1.46 bits per heavy atom. The van der Waals surface area contributed by atoms with Gasteiger partial charge in [-0.2, -0.15) is 5.10 Å². The number of hydrogen-bond donors (Lipinski definition) is 1. The molecule has 2 rings (SSSR count). The summed E-state index contributed by atoms with van der Waals surface area (Å²) in [4.78, 5) is 6.60. The van der Waals surface area contributed by atoms with Gasteiger partial charge in [0.2, 0.25) is 0 Å². The predicted molar refractivity (Wildman–Crippen MR) is 50.6 cm³/mol. The van der Waals surface area contributed by atoms with Gasteiger partial charge >= 0.3 is 0 Å². The molecule has 0 spiro atoms. The molecule has 1 aromatic rings. The maximum Gasteiger partial charge on any atom is 0.153 e. The van der Waals surface area contributed by atoms with Gasteiger partial charge in [-0.05, 0) is 26.9 Å². The van der Waals surface area contributed by atoms with E-state index in [1.165, 1.54) is 12.8 Å². The van der Waals surface area contributed by atoms with Gasteiger partial charge in [0.1, 0.15) is 5.82 Å².